The first-order valence-corrected chi connectivity index (χ1v) is 6.52. The van der Waals surface area contributed by atoms with Gasteiger partial charge in [-0.3, -0.25) is 0 Å². The van der Waals surface area contributed by atoms with Crippen molar-refractivity contribution in [1.29, 1.82) is 0 Å². The number of nitrogens with one attached hydrogen (secondary N) is 1. The van der Waals surface area contributed by atoms with Gasteiger partial charge in [-0.1, -0.05) is 6.92 Å². The van der Waals surface area contributed by atoms with E-state index in [-0.39, 0.29) is 11.6 Å². The molecule has 0 saturated heterocycles. The van der Waals surface area contributed by atoms with Gasteiger partial charge in [-0.25, -0.2) is 14.4 Å². The average Bonchev–Trinajstić information content (AvgIpc) is 2.40. The molecule has 0 bridgehead atoms. The van der Waals surface area contributed by atoms with Crippen LogP contribution in [0.1, 0.15) is 24.9 Å². The zero-order valence-electron chi connectivity index (χ0n) is 11.8. The summed E-state index contributed by atoms with van der Waals surface area (Å²) in [5.74, 6) is 0.494. The maximum Gasteiger partial charge on any atom is 0.186 e. The summed E-state index contributed by atoms with van der Waals surface area (Å²) in [5.41, 5.74) is 0.362. The summed E-state index contributed by atoms with van der Waals surface area (Å²) in [6, 6.07) is 0. The first kappa shape index (κ1) is 15.8. The number of hydrogen-bond donors (Lipinski definition) is 1. The minimum Gasteiger partial charge on any atom is -0.382 e. The maximum absolute atomic E-state index is 13.8. The van der Waals surface area contributed by atoms with E-state index in [0.717, 1.165) is 6.42 Å². The van der Waals surface area contributed by atoms with Gasteiger partial charge in [0.1, 0.15) is 5.82 Å². The second-order valence-electron chi connectivity index (χ2n) is 4.17. The van der Waals surface area contributed by atoms with Crippen molar-refractivity contribution in [2.24, 2.45) is 0 Å². The van der Waals surface area contributed by atoms with Crippen LogP contribution < -0.4 is 5.32 Å². The highest BCUT2D eigenvalue weighted by atomic mass is 19.1. The molecule has 19 heavy (non-hydrogen) atoms. The van der Waals surface area contributed by atoms with Crippen molar-refractivity contribution in [3.05, 3.63) is 17.3 Å². The molecule has 1 N–H and O–H groups in total. The van der Waals surface area contributed by atoms with Crippen LogP contribution in [0.5, 0.6) is 0 Å². The quantitative estimate of drug-likeness (QED) is 0.696. The van der Waals surface area contributed by atoms with Gasteiger partial charge in [0.15, 0.2) is 11.6 Å². The lowest BCUT2D eigenvalue weighted by Crippen LogP contribution is -2.12. The van der Waals surface area contributed by atoms with Gasteiger partial charge >= 0.3 is 0 Å². The standard InChI is InChI=1S/C13H22FN3O2/c1-4-6-15-13-12(14)10(2)16-11(17-13)5-7-19-9-8-18-3/h4-9H2,1-3H3,(H,15,16,17). The Hall–Kier alpha value is -1.27. The fourth-order valence-corrected chi connectivity index (χ4v) is 1.50. The molecule has 1 heterocycles. The maximum atomic E-state index is 13.8. The molecule has 0 amide bonds. The Morgan fingerprint density at radius 3 is 2.68 bits per heavy atom. The monoisotopic (exact) mass is 271 g/mol. The Bertz CT molecular complexity index is 388. The summed E-state index contributed by atoms with van der Waals surface area (Å²) in [6.07, 6.45) is 1.48. The zero-order chi connectivity index (χ0) is 14.1. The van der Waals surface area contributed by atoms with Crippen molar-refractivity contribution in [1.82, 2.24) is 9.97 Å². The first-order valence-electron chi connectivity index (χ1n) is 6.52. The predicted octanol–water partition coefficient (Wildman–Crippen LogP) is 1.95. The number of aryl methyl sites for hydroxylation is 1. The van der Waals surface area contributed by atoms with E-state index in [9.17, 15) is 4.39 Å². The molecule has 1 aromatic rings. The molecule has 0 atom stereocenters. The highest BCUT2D eigenvalue weighted by Crippen LogP contribution is 2.14. The van der Waals surface area contributed by atoms with E-state index in [2.05, 4.69) is 15.3 Å². The third-order valence-corrected chi connectivity index (χ3v) is 2.51. The largest absolute Gasteiger partial charge is 0.382 e. The molecule has 0 saturated carbocycles. The predicted molar refractivity (Wildman–Crippen MR) is 71.9 cm³/mol. The lowest BCUT2D eigenvalue weighted by Gasteiger charge is -2.09. The Balaban J connectivity index is 2.55. The summed E-state index contributed by atoms with van der Waals surface area (Å²) in [6.45, 7) is 5.95. The van der Waals surface area contributed by atoms with Crippen molar-refractivity contribution in [3.8, 4) is 0 Å². The molecule has 0 spiro atoms. The zero-order valence-corrected chi connectivity index (χ0v) is 11.8. The van der Waals surface area contributed by atoms with Crippen molar-refractivity contribution in [2.45, 2.75) is 26.7 Å². The van der Waals surface area contributed by atoms with Gasteiger partial charge in [-0.15, -0.1) is 0 Å². The van der Waals surface area contributed by atoms with Gasteiger partial charge in [-0.05, 0) is 13.3 Å². The van der Waals surface area contributed by atoms with Crippen LogP contribution in [-0.4, -0.2) is 43.4 Å². The molecule has 0 aliphatic carbocycles. The van der Waals surface area contributed by atoms with Crippen LogP contribution in [0.15, 0.2) is 0 Å². The van der Waals surface area contributed by atoms with Crippen LogP contribution in [-0.2, 0) is 15.9 Å². The molecule has 0 unspecified atom stereocenters. The van der Waals surface area contributed by atoms with E-state index >= 15 is 0 Å². The van der Waals surface area contributed by atoms with Crippen LogP contribution in [0.25, 0.3) is 0 Å². The first-order chi connectivity index (χ1) is 9.19. The van der Waals surface area contributed by atoms with Crippen LogP contribution in [0.2, 0.25) is 0 Å². The lowest BCUT2D eigenvalue weighted by molar-refractivity contribution is 0.0716. The highest BCUT2D eigenvalue weighted by molar-refractivity contribution is 5.38. The Morgan fingerprint density at radius 1 is 1.21 bits per heavy atom. The lowest BCUT2D eigenvalue weighted by atomic mass is 10.3. The van der Waals surface area contributed by atoms with E-state index in [1.54, 1.807) is 14.0 Å². The Morgan fingerprint density at radius 2 is 2.00 bits per heavy atom. The third-order valence-electron chi connectivity index (χ3n) is 2.51. The van der Waals surface area contributed by atoms with Crippen LogP contribution in [0.4, 0.5) is 10.2 Å². The van der Waals surface area contributed by atoms with E-state index in [4.69, 9.17) is 9.47 Å². The Labute approximate surface area is 113 Å². The molecule has 0 aromatic carbocycles. The van der Waals surface area contributed by atoms with Crippen molar-refractivity contribution >= 4 is 5.82 Å². The van der Waals surface area contributed by atoms with Crippen molar-refractivity contribution < 1.29 is 13.9 Å². The number of halogens is 1. The molecule has 0 aliphatic rings. The van der Waals surface area contributed by atoms with Crippen molar-refractivity contribution in [2.75, 3.05) is 38.8 Å². The van der Waals surface area contributed by atoms with Crippen molar-refractivity contribution in [3.63, 3.8) is 0 Å². The second-order valence-corrected chi connectivity index (χ2v) is 4.17. The molecular weight excluding hydrogens is 249 g/mol. The third kappa shape index (κ3) is 5.48. The van der Waals surface area contributed by atoms with E-state index in [0.29, 0.717) is 44.3 Å². The minimum atomic E-state index is -0.377. The van der Waals surface area contributed by atoms with Gasteiger partial charge in [0, 0.05) is 20.1 Å². The highest BCUT2D eigenvalue weighted by Gasteiger charge is 2.10. The van der Waals surface area contributed by atoms with Gasteiger partial charge in [-0.2, -0.15) is 0 Å². The molecule has 108 valence electrons. The molecule has 0 radical (unpaired) electrons. The van der Waals surface area contributed by atoms with Gasteiger partial charge in [0.05, 0.1) is 25.5 Å². The number of methoxy groups -OCH3 is 1. The second kappa shape index (κ2) is 8.77. The topological polar surface area (TPSA) is 56.3 Å². The number of hydrogen-bond acceptors (Lipinski definition) is 5. The number of rotatable bonds is 9. The molecule has 1 aromatic heterocycles. The minimum absolute atomic E-state index is 0.279. The SMILES string of the molecule is CCCNc1nc(CCOCCOC)nc(C)c1F. The molecular formula is C13H22FN3O2. The smallest absolute Gasteiger partial charge is 0.186 e. The fraction of sp³-hybridized carbons (Fsp3) is 0.692. The normalized spacial score (nSPS) is 10.7. The molecule has 0 fully saturated rings. The average molecular weight is 271 g/mol. The van der Waals surface area contributed by atoms with E-state index in [1.807, 2.05) is 6.92 Å². The summed E-state index contributed by atoms with van der Waals surface area (Å²) in [5, 5.41) is 2.97. The van der Waals surface area contributed by atoms with Gasteiger partial charge in [0.25, 0.3) is 0 Å². The van der Waals surface area contributed by atoms with Gasteiger partial charge in [0.2, 0.25) is 0 Å². The van der Waals surface area contributed by atoms with E-state index < -0.39 is 0 Å². The summed E-state index contributed by atoms with van der Waals surface area (Å²) >= 11 is 0. The molecule has 5 nitrogen and oxygen atoms in total. The molecule has 1 rings (SSSR count). The molecule has 6 heteroatoms. The Kier molecular flexibility index (Phi) is 7.28. The number of aromatic nitrogens is 2. The number of nitrogens with zero attached hydrogens (tertiary/aromatic N) is 2. The summed E-state index contributed by atoms with van der Waals surface area (Å²) in [7, 11) is 1.63. The fourth-order valence-electron chi connectivity index (χ4n) is 1.50. The molecule has 0 aliphatic heterocycles. The van der Waals surface area contributed by atoms with E-state index in [1.165, 1.54) is 0 Å². The van der Waals surface area contributed by atoms with Crippen LogP contribution in [0.3, 0.4) is 0 Å². The number of ether oxygens (including phenoxy) is 2. The number of anilines is 1. The van der Waals surface area contributed by atoms with Crippen LogP contribution >= 0.6 is 0 Å². The summed E-state index contributed by atoms with van der Waals surface area (Å²) in [4.78, 5) is 8.30. The summed E-state index contributed by atoms with van der Waals surface area (Å²) < 4.78 is 24.0. The van der Waals surface area contributed by atoms with Crippen LogP contribution in [0, 0.1) is 12.7 Å². The van der Waals surface area contributed by atoms with Gasteiger partial charge < -0.3 is 14.8 Å².